The van der Waals surface area contributed by atoms with Crippen molar-refractivity contribution in [2.24, 2.45) is 23.7 Å². The number of benzene rings is 4. The summed E-state index contributed by atoms with van der Waals surface area (Å²) in [6, 6.07) is 25.3. The average molecular weight is 781 g/mol. The number of hydrazine groups is 1. The Labute approximate surface area is 314 Å². The third-order valence-corrected chi connectivity index (χ3v) is 12.4. The van der Waals surface area contributed by atoms with Gasteiger partial charge in [-0.2, -0.15) is 5.01 Å². The molecule has 52 heavy (non-hydrogen) atoms. The second-order valence-corrected chi connectivity index (χ2v) is 15.4. The van der Waals surface area contributed by atoms with Gasteiger partial charge in [-0.05, 0) is 102 Å². The number of phenolic OH excluding ortho intramolecular Hbond substituents is 1. The first-order valence-electron chi connectivity index (χ1n) is 17.1. The highest BCUT2D eigenvalue weighted by Crippen LogP contribution is 2.64. The van der Waals surface area contributed by atoms with Gasteiger partial charge in [-0.3, -0.25) is 24.6 Å². The number of carbonyl (C=O) groups excluding carboxylic acids is 4. The number of hydrogen-bond donors (Lipinski definition) is 2. The lowest BCUT2D eigenvalue weighted by atomic mass is 9.49. The maximum Gasteiger partial charge on any atom is 0.260 e. The van der Waals surface area contributed by atoms with Crippen molar-refractivity contribution >= 4 is 62.5 Å². The van der Waals surface area contributed by atoms with E-state index in [1.54, 1.807) is 30.3 Å². The van der Waals surface area contributed by atoms with Gasteiger partial charge in [0.2, 0.25) is 11.8 Å². The summed E-state index contributed by atoms with van der Waals surface area (Å²) in [6.45, 7) is 3.81. The Morgan fingerprint density at radius 3 is 2.33 bits per heavy atom. The first-order valence-corrected chi connectivity index (χ1v) is 18.3. The second kappa shape index (κ2) is 12.6. The minimum absolute atomic E-state index is 0.109. The summed E-state index contributed by atoms with van der Waals surface area (Å²) in [5.74, 6) is -5.13. The second-order valence-electron chi connectivity index (χ2n) is 14.1. The summed E-state index contributed by atoms with van der Waals surface area (Å²) in [4.78, 5) is 60.1. The molecule has 2 saturated heterocycles. The van der Waals surface area contributed by atoms with Crippen molar-refractivity contribution in [3.8, 4) is 11.5 Å². The quantitative estimate of drug-likeness (QED) is 0.153. The zero-order valence-electron chi connectivity index (χ0n) is 28.6. The van der Waals surface area contributed by atoms with E-state index < -0.39 is 46.8 Å². The maximum absolute atomic E-state index is 15.3. The lowest BCUT2D eigenvalue weighted by Gasteiger charge is -2.50. The third-order valence-electron chi connectivity index (χ3n) is 11.4. The molecule has 6 atom stereocenters. The molecular weight excluding hydrogens is 746 g/mol. The molecule has 0 radical (unpaired) electrons. The molecule has 0 unspecified atom stereocenters. The van der Waals surface area contributed by atoms with Crippen LogP contribution in [0.4, 0.5) is 11.4 Å². The SMILES string of the molecule is COc1cc([C@H]2C3=CC[C@@H]4C(=O)N(c5ccc(C)c(Cl)c5)C(=O)[C@@H]4[C@@H]3C[C@H]3C(=O)N(Nc4ccc(C)cc4)C(=O)[C@@]23c2ccccc2)cc(Br)c1O. The largest absolute Gasteiger partial charge is 0.503 e. The molecule has 0 bridgehead atoms. The minimum Gasteiger partial charge on any atom is -0.503 e. The fourth-order valence-corrected chi connectivity index (χ4v) is 9.65. The summed E-state index contributed by atoms with van der Waals surface area (Å²) in [7, 11) is 1.45. The Hall–Kier alpha value is -4.93. The number of allylic oxidation sites excluding steroid dienone is 2. The minimum atomic E-state index is -1.46. The molecule has 4 aromatic carbocycles. The average Bonchev–Trinajstić information content (AvgIpc) is 3.52. The van der Waals surface area contributed by atoms with Crippen LogP contribution in [-0.4, -0.2) is 40.9 Å². The monoisotopic (exact) mass is 779 g/mol. The number of amides is 4. The molecule has 2 aliphatic heterocycles. The van der Waals surface area contributed by atoms with Crippen LogP contribution in [0, 0.1) is 37.5 Å². The van der Waals surface area contributed by atoms with Gasteiger partial charge < -0.3 is 9.84 Å². The number of hydrogen-bond acceptors (Lipinski definition) is 7. The third kappa shape index (κ3) is 4.94. The smallest absolute Gasteiger partial charge is 0.260 e. The van der Waals surface area contributed by atoms with Crippen molar-refractivity contribution in [3.63, 3.8) is 0 Å². The first kappa shape index (κ1) is 34.2. The molecule has 8 rings (SSSR count). The Bertz CT molecular complexity index is 2210. The number of fused-ring (bicyclic) bond motifs is 4. The highest BCUT2D eigenvalue weighted by molar-refractivity contribution is 9.10. The normalized spacial score (nSPS) is 26.6. The number of anilines is 2. The zero-order valence-corrected chi connectivity index (χ0v) is 30.9. The number of imide groups is 2. The Kier molecular flexibility index (Phi) is 8.30. The van der Waals surface area contributed by atoms with Crippen LogP contribution in [0.5, 0.6) is 11.5 Å². The van der Waals surface area contributed by atoms with Gasteiger partial charge in [0.05, 0.1) is 46.1 Å². The van der Waals surface area contributed by atoms with E-state index >= 15 is 4.79 Å². The lowest BCUT2D eigenvalue weighted by molar-refractivity contribution is -0.138. The molecule has 264 valence electrons. The van der Waals surface area contributed by atoms with Crippen LogP contribution in [-0.2, 0) is 24.6 Å². The number of rotatable bonds is 6. The molecule has 4 aliphatic rings. The molecule has 2 N–H and O–H groups in total. The molecule has 0 spiro atoms. The number of phenols is 1. The highest BCUT2D eigenvalue weighted by atomic mass is 79.9. The summed E-state index contributed by atoms with van der Waals surface area (Å²) in [5.41, 5.74) is 6.53. The van der Waals surface area contributed by atoms with Gasteiger partial charge in [-0.15, -0.1) is 0 Å². The Morgan fingerprint density at radius 1 is 0.904 bits per heavy atom. The van der Waals surface area contributed by atoms with Crippen LogP contribution in [0.2, 0.25) is 5.02 Å². The van der Waals surface area contributed by atoms with Crippen molar-refractivity contribution < 1.29 is 29.0 Å². The number of aromatic hydroxyl groups is 1. The summed E-state index contributed by atoms with van der Waals surface area (Å²) >= 11 is 9.95. The van der Waals surface area contributed by atoms with Crippen molar-refractivity contribution in [1.82, 2.24) is 5.01 Å². The predicted octanol–water partition coefficient (Wildman–Crippen LogP) is 7.62. The summed E-state index contributed by atoms with van der Waals surface area (Å²) < 4.78 is 5.94. The molecule has 3 fully saturated rings. The van der Waals surface area contributed by atoms with Gasteiger partial charge in [0.1, 0.15) is 0 Å². The van der Waals surface area contributed by atoms with Crippen molar-refractivity contribution in [2.75, 3.05) is 17.4 Å². The fraction of sp³-hybridized carbons (Fsp3) is 0.268. The van der Waals surface area contributed by atoms with Crippen LogP contribution in [0.25, 0.3) is 0 Å². The molecule has 2 aliphatic carbocycles. The topological polar surface area (TPSA) is 116 Å². The van der Waals surface area contributed by atoms with Gasteiger partial charge in [0, 0.05) is 10.9 Å². The Morgan fingerprint density at radius 2 is 1.63 bits per heavy atom. The van der Waals surface area contributed by atoms with Crippen LogP contribution in [0.1, 0.15) is 41.0 Å². The number of nitrogens with zero attached hydrogens (tertiary/aromatic N) is 2. The molecule has 0 aromatic heterocycles. The van der Waals surface area contributed by atoms with Crippen LogP contribution in [0.15, 0.2) is 101 Å². The van der Waals surface area contributed by atoms with Gasteiger partial charge in [-0.25, -0.2) is 4.90 Å². The van der Waals surface area contributed by atoms with Gasteiger partial charge in [-0.1, -0.05) is 77.3 Å². The molecule has 2 heterocycles. The van der Waals surface area contributed by atoms with Crippen molar-refractivity contribution in [3.05, 3.63) is 128 Å². The molecule has 4 amide bonds. The number of carbonyl (C=O) groups is 4. The van der Waals surface area contributed by atoms with Crippen LogP contribution >= 0.6 is 27.5 Å². The van der Waals surface area contributed by atoms with E-state index in [1.807, 2.05) is 74.5 Å². The number of halogens is 2. The van der Waals surface area contributed by atoms with E-state index in [1.165, 1.54) is 12.0 Å². The number of ether oxygens (including phenoxy) is 1. The molecule has 11 heteroatoms. The molecule has 4 aromatic rings. The van der Waals surface area contributed by atoms with E-state index in [2.05, 4.69) is 21.4 Å². The number of nitrogens with one attached hydrogen (secondary N) is 1. The van der Waals surface area contributed by atoms with E-state index in [9.17, 15) is 19.5 Å². The molecule has 1 saturated carbocycles. The van der Waals surface area contributed by atoms with Gasteiger partial charge >= 0.3 is 0 Å². The lowest BCUT2D eigenvalue weighted by Crippen LogP contribution is -2.53. The molecule has 9 nitrogen and oxygen atoms in total. The van der Waals surface area contributed by atoms with E-state index in [4.69, 9.17) is 16.3 Å². The van der Waals surface area contributed by atoms with Crippen LogP contribution < -0.4 is 15.1 Å². The number of methoxy groups -OCH3 is 1. The standard InChI is InChI=1S/C41H35BrClN3O6/c1-21-9-12-25(13-10-21)44-46-38(49)30-20-29-27(15-16-28-34(29)39(50)45(37(28)48)26-14-11-22(2)32(43)19-26)35(23-17-31(42)36(47)33(18-23)52-3)41(30,40(46)51)24-7-5-4-6-8-24/h4-15,17-19,28-30,34-35,44,47H,16,20H2,1-3H3/t28-,29+,30-,34-,35-,41+/m0/s1. The maximum atomic E-state index is 15.3. The summed E-state index contributed by atoms with van der Waals surface area (Å²) in [6.07, 6.45) is 2.43. The van der Waals surface area contributed by atoms with E-state index in [0.29, 0.717) is 32.0 Å². The predicted molar refractivity (Wildman–Crippen MR) is 200 cm³/mol. The van der Waals surface area contributed by atoms with E-state index in [0.717, 1.165) is 21.7 Å². The van der Waals surface area contributed by atoms with Crippen molar-refractivity contribution in [2.45, 2.75) is 38.0 Å². The molecular formula is C41H35BrClN3O6. The highest BCUT2D eigenvalue weighted by Gasteiger charge is 2.70. The fourth-order valence-electron chi connectivity index (χ4n) is 9.01. The first-order chi connectivity index (χ1) is 25.0. The number of aryl methyl sites for hydroxylation is 2. The Balaban J connectivity index is 1.33. The van der Waals surface area contributed by atoms with E-state index in [-0.39, 0.29) is 36.2 Å². The van der Waals surface area contributed by atoms with Gasteiger partial charge in [0.25, 0.3) is 11.8 Å². The van der Waals surface area contributed by atoms with Crippen LogP contribution in [0.3, 0.4) is 0 Å². The van der Waals surface area contributed by atoms with Gasteiger partial charge in [0.15, 0.2) is 11.5 Å². The van der Waals surface area contributed by atoms with Crippen molar-refractivity contribution in [1.29, 1.82) is 0 Å². The summed E-state index contributed by atoms with van der Waals surface area (Å²) in [5, 5.41) is 12.4. The zero-order chi connectivity index (χ0) is 36.6.